The van der Waals surface area contributed by atoms with Crippen LogP contribution in [0.3, 0.4) is 0 Å². The number of rotatable bonds is 6. The van der Waals surface area contributed by atoms with E-state index in [4.69, 9.17) is 9.47 Å². The molecule has 1 amide bonds. The first-order valence-electron chi connectivity index (χ1n) is 8.66. The lowest BCUT2D eigenvalue weighted by Gasteiger charge is -2.40. The van der Waals surface area contributed by atoms with Gasteiger partial charge in [-0.3, -0.25) is 4.79 Å². The van der Waals surface area contributed by atoms with Gasteiger partial charge in [0.1, 0.15) is 0 Å². The molecule has 1 saturated carbocycles. The van der Waals surface area contributed by atoms with Gasteiger partial charge in [-0.05, 0) is 25.7 Å². The summed E-state index contributed by atoms with van der Waals surface area (Å²) in [4.78, 5) is 14.7. The van der Waals surface area contributed by atoms with Crippen molar-refractivity contribution in [2.24, 2.45) is 5.92 Å². The minimum absolute atomic E-state index is 0.199. The number of amides is 1. The molecular weight excluding hydrogens is 266 g/mol. The summed E-state index contributed by atoms with van der Waals surface area (Å²) in [5.74, 6) is 0.206. The lowest BCUT2D eigenvalue weighted by molar-refractivity contribution is -0.185. The van der Waals surface area contributed by atoms with Gasteiger partial charge in [-0.15, -0.1) is 0 Å². The molecule has 0 aromatic rings. The molecule has 0 aromatic carbocycles. The van der Waals surface area contributed by atoms with E-state index in [1.165, 1.54) is 0 Å². The summed E-state index contributed by atoms with van der Waals surface area (Å²) in [7, 11) is 1.98. The van der Waals surface area contributed by atoms with E-state index in [2.05, 4.69) is 13.8 Å². The van der Waals surface area contributed by atoms with Crippen LogP contribution in [0.5, 0.6) is 0 Å². The second kappa shape index (κ2) is 7.59. The molecule has 1 heterocycles. The zero-order chi connectivity index (χ0) is 15.3. The van der Waals surface area contributed by atoms with E-state index in [1.807, 2.05) is 11.9 Å². The molecule has 2 fully saturated rings. The molecule has 0 N–H and O–H groups in total. The quantitative estimate of drug-likeness (QED) is 0.754. The van der Waals surface area contributed by atoms with E-state index in [0.29, 0.717) is 25.2 Å². The number of hydrogen-bond donors (Lipinski definition) is 0. The van der Waals surface area contributed by atoms with Crippen LogP contribution in [0.1, 0.15) is 65.2 Å². The Morgan fingerprint density at radius 1 is 1.24 bits per heavy atom. The molecule has 1 atom stereocenters. The lowest BCUT2D eigenvalue weighted by Crippen LogP contribution is -2.46. The first kappa shape index (κ1) is 16.8. The molecule has 1 aliphatic carbocycles. The first-order valence-corrected chi connectivity index (χ1v) is 8.66. The standard InChI is InChI=1S/C17H31NO3/c1-4-6-7-14(5-2)16(19)18(3)15-8-10-17(11-9-15)20-12-13-21-17/h14-15H,4-13H2,1-3H3. The van der Waals surface area contributed by atoms with Crippen LogP contribution in [0.2, 0.25) is 0 Å². The van der Waals surface area contributed by atoms with Gasteiger partial charge in [0.15, 0.2) is 5.79 Å². The van der Waals surface area contributed by atoms with Gasteiger partial charge in [-0.25, -0.2) is 0 Å². The van der Waals surface area contributed by atoms with Crippen LogP contribution in [-0.2, 0) is 14.3 Å². The Balaban J connectivity index is 1.85. The van der Waals surface area contributed by atoms with Crippen molar-refractivity contribution in [2.45, 2.75) is 77.0 Å². The van der Waals surface area contributed by atoms with Crippen LogP contribution in [0.15, 0.2) is 0 Å². The van der Waals surface area contributed by atoms with Crippen molar-refractivity contribution < 1.29 is 14.3 Å². The molecule has 4 heteroatoms. The van der Waals surface area contributed by atoms with Crippen molar-refractivity contribution in [3.63, 3.8) is 0 Å². The minimum Gasteiger partial charge on any atom is -0.348 e. The molecule has 2 rings (SSSR count). The fourth-order valence-corrected chi connectivity index (χ4v) is 3.64. The van der Waals surface area contributed by atoms with Crippen LogP contribution in [0.4, 0.5) is 0 Å². The highest BCUT2D eigenvalue weighted by atomic mass is 16.7. The second-order valence-corrected chi connectivity index (χ2v) is 6.54. The Labute approximate surface area is 129 Å². The zero-order valence-electron chi connectivity index (χ0n) is 13.9. The fourth-order valence-electron chi connectivity index (χ4n) is 3.64. The molecule has 2 aliphatic rings. The number of ether oxygens (including phenoxy) is 2. The molecule has 1 spiro atoms. The molecule has 122 valence electrons. The van der Waals surface area contributed by atoms with Gasteiger partial charge in [-0.1, -0.05) is 26.7 Å². The monoisotopic (exact) mass is 297 g/mol. The van der Waals surface area contributed by atoms with Crippen molar-refractivity contribution in [1.82, 2.24) is 4.90 Å². The fraction of sp³-hybridized carbons (Fsp3) is 0.941. The minimum atomic E-state index is -0.327. The average Bonchev–Trinajstić information content (AvgIpc) is 2.96. The lowest BCUT2D eigenvalue weighted by atomic mass is 9.88. The average molecular weight is 297 g/mol. The van der Waals surface area contributed by atoms with Crippen molar-refractivity contribution in [1.29, 1.82) is 0 Å². The highest BCUT2D eigenvalue weighted by Gasteiger charge is 2.42. The van der Waals surface area contributed by atoms with Crippen LogP contribution in [0, 0.1) is 5.92 Å². The molecule has 4 nitrogen and oxygen atoms in total. The van der Waals surface area contributed by atoms with Gasteiger partial charge in [0.05, 0.1) is 13.2 Å². The third-order valence-corrected chi connectivity index (χ3v) is 5.17. The molecule has 21 heavy (non-hydrogen) atoms. The molecule has 1 unspecified atom stereocenters. The normalized spacial score (nSPS) is 23.4. The first-order chi connectivity index (χ1) is 10.1. The van der Waals surface area contributed by atoms with E-state index >= 15 is 0 Å². The maximum absolute atomic E-state index is 12.7. The van der Waals surface area contributed by atoms with E-state index in [9.17, 15) is 4.79 Å². The van der Waals surface area contributed by atoms with Crippen molar-refractivity contribution in [3.05, 3.63) is 0 Å². The maximum Gasteiger partial charge on any atom is 0.225 e. The summed E-state index contributed by atoms with van der Waals surface area (Å²) in [6, 6.07) is 0.353. The van der Waals surface area contributed by atoms with Crippen molar-refractivity contribution >= 4 is 5.91 Å². The third-order valence-electron chi connectivity index (χ3n) is 5.17. The summed E-state index contributed by atoms with van der Waals surface area (Å²) in [6.07, 6.45) is 8.10. The maximum atomic E-state index is 12.7. The van der Waals surface area contributed by atoms with Crippen molar-refractivity contribution in [2.75, 3.05) is 20.3 Å². The highest BCUT2D eigenvalue weighted by molar-refractivity contribution is 5.78. The predicted octanol–water partition coefficient (Wildman–Crippen LogP) is 3.35. The molecule has 0 radical (unpaired) electrons. The van der Waals surface area contributed by atoms with E-state index < -0.39 is 0 Å². The Bertz CT molecular complexity index is 329. The van der Waals surface area contributed by atoms with Gasteiger partial charge < -0.3 is 14.4 Å². The predicted molar refractivity (Wildman–Crippen MR) is 83.0 cm³/mol. The Morgan fingerprint density at radius 3 is 2.38 bits per heavy atom. The number of carbonyl (C=O) groups excluding carboxylic acids is 1. The summed E-state index contributed by atoms with van der Waals surface area (Å²) in [6.45, 7) is 5.74. The van der Waals surface area contributed by atoms with Gasteiger partial charge in [0.2, 0.25) is 5.91 Å². The highest BCUT2D eigenvalue weighted by Crippen LogP contribution is 2.37. The number of unbranched alkanes of at least 4 members (excludes halogenated alkanes) is 1. The van der Waals surface area contributed by atoms with Crippen LogP contribution in [0.25, 0.3) is 0 Å². The van der Waals surface area contributed by atoms with E-state index in [0.717, 1.165) is 51.4 Å². The summed E-state index contributed by atoms with van der Waals surface area (Å²) >= 11 is 0. The SMILES string of the molecule is CCCCC(CC)C(=O)N(C)C1CCC2(CC1)OCCO2. The second-order valence-electron chi connectivity index (χ2n) is 6.54. The molecular formula is C17H31NO3. The molecule has 0 aromatic heterocycles. The van der Waals surface area contributed by atoms with E-state index in [1.54, 1.807) is 0 Å². The third kappa shape index (κ3) is 3.98. The topological polar surface area (TPSA) is 38.8 Å². The molecule has 1 aliphatic heterocycles. The molecule has 0 bridgehead atoms. The van der Waals surface area contributed by atoms with Gasteiger partial charge >= 0.3 is 0 Å². The molecule has 1 saturated heterocycles. The van der Waals surface area contributed by atoms with Gasteiger partial charge in [-0.2, -0.15) is 0 Å². The summed E-state index contributed by atoms with van der Waals surface area (Å²) in [5, 5.41) is 0. The Morgan fingerprint density at radius 2 is 1.86 bits per heavy atom. The van der Waals surface area contributed by atoms with Crippen LogP contribution >= 0.6 is 0 Å². The number of carbonyl (C=O) groups is 1. The summed E-state index contributed by atoms with van der Waals surface area (Å²) in [5.41, 5.74) is 0. The van der Waals surface area contributed by atoms with E-state index in [-0.39, 0.29) is 11.7 Å². The number of hydrogen-bond acceptors (Lipinski definition) is 3. The summed E-state index contributed by atoms with van der Waals surface area (Å²) < 4.78 is 11.5. The Kier molecular flexibility index (Phi) is 6.06. The van der Waals surface area contributed by atoms with Crippen LogP contribution < -0.4 is 0 Å². The van der Waals surface area contributed by atoms with Gasteiger partial charge in [0, 0.05) is 31.8 Å². The van der Waals surface area contributed by atoms with Crippen LogP contribution in [-0.4, -0.2) is 42.9 Å². The van der Waals surface area contributed by atoms with Crippen molar-refractivity contribution in [3.8, 4) is 0 Å². The number of nitrogens with zero attached hydrogens (tertiary/aromatic N) is 1. The largest absolute Gasteiger partial charge is 0.348 e. The smallest absolute Gasteiger partial charge is 0.225 e. The van der Waals surface area contributed by atoms with Gasteiger partial charge in [0.25, 0.3) is 0 Å². The zero-order valence-corrected chi connectivity index (χ0v) is 13.9. The Hall–Kier alpha value is -0.610.